The summed E-state index contributed by atoms with van der Waals surface area (Å²) in [5, 5.41) is 10.0. The van der Waals surface area contributed by atoms with Gasteiger partial charge in [0.15, 0.2) is 0 Å². The summed E-state index contributed by atoms with van der Waals surface area (Å²) in [6.07, 6.45) is 2.16. The topological polar surface area (TPSA) is 50.2 Å². The number of nitrogens with zero attached hydrogens (tertiary/aromatic N) is 1. The van der Waals surface area contributed by atoms with Gasteiger partial charge >= 0.3 is 5.97 Å². The standard InChI is InChI=1S/C14H12BrNO2/c1-14(5-6-14)11-7-8(13(17)18)12-9(15)3-2-4-10(12)16-11/h2-4,7H,5-6H2,1H3,(H,17,18). The van der Waals surface area contributed by atoms with E-state index in [1.165, 1.54) is 0 Å². The van der Waals surface area contributed by atoms with Crippen LogP contribution in [0.25, 0.3) is 10.9 Å². The van der Waals surface area contributed by atoms with E-state index >= 15 is 0 Å². The number of halogens is 1. The molecule has 0 radical (unpaired) electrons. The van der Waals surface area contributed by atoms with Gasteiger partial charge in [-0.15, -0.1) is 0 Å². The summed E-state index contributed by atoms with van der Waals surface area (Å²) in [6.45, 7) is 2.13. The molecule has 92 valence electrons. The third-order valence-electron chi connectivity index (χ3n) is 3.63. The van der Waals surface area contributed by atoms with Crippen LogP contribution < -0.4 is 0 Å². The highest BCUT2D eigenvalue weighted by Gasteiger charge is 2.41. The minimum absolute atomic E-state index is 0.0701. The highest BCUT2D eigenvalue weighted by Crippen LogP contribution is 2.47. The molecule has 0 aliphatic heterocycles. The lowest BCUT2D eigenvalue weighted by Gasteiger charge is -2.12. The number of rotatable bonds is 2. The summed E-state index contributed by atoms with van der Waals surface area (Å²) in [5.74, 6) is -0.903. The Morgan fingerprint density at radius 1 is 1.44 bits per heavy atom. The van der Waals surface area contributed by atoms with Gasteiger partial charge in [0, 0.05) is 21.0 Å². The molecule has 1 aromatic carbocycles. The number of carboxylic acid groups (broad SMARTS) is 1. The van der Waals surface area contributed by atoms with E-state index in [0.29, 0.717) is 10.9 Å². The van der Waals surface area contributed by atoms with Crippen molar-refractivity contribution in [2.45, 2.75) is 25.2 Å². The molecule has 3 rings (SSSR count). The van der Waals surface area contributed by atoms with Gasteiger partial charge in [-0.3, -0.25) is 4.98 Å². The molecular weight excluding hydrogens is 294 g/mol. The quantitative estimate of drug-likeness (QED) is 0.919. The molecule has 0 bridgehead atoms. The third-order valence-corrected chi connectivity index (χ3v) is 4.29. The van der Waals surface area contributed by atoms with Gasteiger partial charge in [-0.1, -0.05) is 28.9 Å². The van der Waals surface area contributed by atoms with Crippen molar-refractivity contribution in [2.75, 3.05) is 0 Å². The van der Waals surface area contributed by atoms with Crippen LogP contribution in [-0.4, -0.2) is 16.1 Å². The van der Waals surface area contributed by atoms with Crippen molar-refractivity contribution < 1.29 is 9.90 Å². The van der Waals surface area contributed by atoms with E-state index in [9.17, 15) is 9.90 Å². The lowest BCUT2D eigenvalue weighted by Crippen LogP contribution is -2.08. The monoisotopic (exact) mass is 305 g/mol. The number of benzene rings is 1. The smallest absolute Gasteiger partial charge is 0.336 e. The van der Waals surface area contributed by atoms with Gasteiger partial charge in [0.2, 0.25) is 0 Å². The van der Waals surface area contributed by atoms with Gasteiger partial charge in [-0.2, -0.15) is 0 Å². The molecule has 0 atom stereocenters. The van der Waals surface area contributed by atoms with Crippen molar-refractivity contribution in [1.82, 2.24) is 4.98 Å². The van der Waals surface area contributed by atoms with Crippen LogP contribution in [0, 0.1) is 0 Å². The van der Waals surface area contributed by atoms with Crippen molar-refractivity contribution in [3.63, 3.8) is 0 Å². The van der Waals surface area contributed by atoms with Crippen molar-refractivity contribution in [3.8, 4) is 0 Å². The third kappa shape index (κ3) is 1.72. The molecule has 3 nitrogen and oxygen atoms in total. The minimum Gasteiger partial charge on any atom is -0.478 e. The number of carbonyl (C=O) groups is 1. The summed E-state index contributed by atoms with van der Waals surface area (Å²) in [4.78, 5) is 16.0. The van der Waals surface area contributed by atoms with Crippen LogP contribution in [0.1, 0.15) is 35.8 Å². The van der Waals surface area contributed by atoms with Crippen LogP contribution >= 0.6 is 15.9 Å². The highest BCUT2D eigenvalue weighted by molar-refractivity contribution is 9.10. The zero-order valence-electron chi connectivity index (χ0n) is 9.90. The first kappa shape index (κ1) is 11.7. The summed E-state index contributed by atoms with van der Waals surface area (Å²) >= 11 is 3.40. The average molecular weight is 306 g/mol. The first-order chi connectivity index (χ1) is 8.51. The number of fused-ring (bicyclic) bond motifs is 1. The molecule has 1 aromatic heterocycles. The minimum atomic E-state index is -0.903. The summed E-state index contributed by atoms with van der Waals surface area (Å²) < 4.78 is 0.775. The van der Waals surface area contributed by atoms with E-state index in [0.717, 1.165) is 28.5 Å². The Balaban J connectivity index is 2.36. The number of aromatic nitrogens is 1. The molecule has 1 N–H and O–H groups in total. The molecule has 1 saturated carbocycles. The fourth-order valence-electron chi connectivity index (χ4n) is 2.16. The number of carboxylic acids is 1. The van der Waals surface area contributed by atoms with Crippen molar-refractivity contribution in [1.29, 1.82) is 0 Å². The van der Waals surface area contributed by atoms with Gasteiger partial charge in [0.1, 0.15) is 0 Å². The number of hydrogen-bond donors (Lipinski definition) is 1. The molecule has 0 amide bonds. The summed E-state index contributed by atoms with van der Waals surface area (Å²) in [5.41, 5.74) is 2.04. The Labute approximate surface area is 113 Å². The molecular formula is C14H12BrNO2. The maximum atomic E-state index is 11.4. The van der Waals surface area contributed by atoms with Gasteiger partial charge in [0.25, 0.3) is 0 Å². The molecule has 1 aliphatic rings. The number of aromatic carboxylic acids is 1. The van der Waals surface area contributed by atoms with Crippen LogP contribution in [0.5, 0.6) is 0 Å². The molecule has 2 aromatic rings. The fraction of sp³-hybridized carbons (Fsp3) is 0.286. The van der Waals surface area contributed by atoms with Gasteiger partial charge in [0.05, 0.1) is 11.1 Å². The molecule has 1 heterocycles. The normalized spacial score (nSPS) is 16.8. The van der Waals surface area contributed by atoms with E-state index < -0.39 is 5.97 Å². The lowest BCUT2D eigenvalue weighted by atomic mass is 10.00. The zero-order chi connectivity index (χ0) is 12.9. The Morgan fingerprint density at radius 3 is 2.78 bits per heavy atom. The average Bonchev–Trinajstić information content (AvgIpc) is 3.07. The predicted molar refractivity (Wildman–Crippen MR) is 73.0 cm³/mol. The maximum absolute atomic E-state index is 11.4. The second-order valence-electron chi connectivity index (χ2n) is 5.05. The van der Waals surface area contributed by atoms with Crippen LogP contribution in [0.15, 0.2) is 28.7 Å². The second kappa shape index (κ2) is 3.79. The Hall–Kier alpha value is -1.42. The lowest BCUT2D eigenvalue weighted by molar-refractivity contribution is 0.0699. The molecule has 0 unspecified atom stereocenters. The SMILES string of the molecule is CC1(c2cc(C(=O)O)c3c(Br)cccc3n2)CC1. The van der Waals surface area contributed by atoms with E-state index in [-0.39, 0.29) is 5.41 Å². The van der Waals surface area contributed by atoms with Crippen molar-refractivity contribution >= 4 is 32.8 Å². The molecule has 0 saturated heterocycles. The van der Waals surface area contributed by atoms with Gasteiger partial charge in [-0.25, -0.2) is 4.79 Å². The Bertz CT molecular complexity index is 662. The number of pyridine rings is 1. The summed E-state index contributed by atoms with van der Waals surface area (Å²) in [6, 6.07) is 7.31. The van der Waals surface area contributed by atoms with Crippen LogP contribution in [0.2, 0.25) is 0 Å². The fourth-order valence-corrected chi connectivity index (χ4v) is 2.73. The van der Waals surface area contributed by atoms with E-state index in [1.54, 1.807) is 6.07 Å². The van der Waals surface area contributed by atoms with Crippen LogP contribution in [0.4, 0.5) is 0 Å². The van der Waals surface area contributed by atoms with Crippen LogP contribution in [0.3, 0.4) is 0 Å². The first-order valence-corrected chi connectivity index (χ1v) is 6.64. The molecule has 0 spiro atoms. The first-order valence-electron chi connectivity index (χ1n) is 5.84. The molecule has 4 heteroatoms. The highest BCUT2D eigenvalue weighted by atomic mass is 79.9. The Morgan fingerprint density at radius 2 is 2.17 bits per heavy atom. The predicted octanol–water partition coefficient (Wildman–Crippen LogP) is 3.75. The van der Waals surface area contributed by atoms with E-state index in [2.05, 4.69) is 27.8 Å². The molecule has 1 fully saturated rings. The second-order valence-corrected chi connectivity index (χ2v) is 5.91. The van der Waals surface area contributed by atoms with Crippen molar-refractivity contribution in [2.24, 2.45) is 0 Å². The molecule has 18 heavy (non-hydrogen) atoms. The maximum Gasteiger partial charge on any atom is 0.336 e. The zero-order valence-corrected chi connectivity index (χ0v) is 11.5. The summed E-state index contributed by atoms with van der Waals surface area (Å²) in [7, 11) is 0. The van der Waals surface area contributed by atoms with Crippen LogP contribution in [-0.2, 0) is 5.41 Å². The number of hydrogen-bond acceptors (Lipinski definition) is 2. The van der Waals surface area contributed by atoms with Gasteiger partial charge < -0.3 is 5.11 Å². The van der Waals surface area contributed by atoms with E-state index in [4.69, 9.17) is 0 Å². The largest absolute Gasteiger partial charge is 0.478 e. The van der Waals surface area contributed by atoms with Gasteiger partial charge in [-0.05, 0) is 31.0 Å². The Kier molecular flexibility index (Phi) is 2.45. The molecule has 1 aliphatic carbocycles. The van der Waals surface area contributed by atoms with Crippen molar-refractivity contribution in [3.05, 3.63) is 40.0 Å². The van der Waals surface area contributed by atoms with E-state index in [1.807, 2.05) is 18.2 Å².